The zero-order valence-corrected chi connectivity index (χ0v) is 15.4. The van der Waals surface area contributed by atoms with Gasteiger partial charge in [-0.3, -0.25) is 4.79 Å². The largest absolute Gasteiger partial charge is 0.465 e. The van der Waals surface area contributed by atoms with E-state index < -0.39 is 5.97 Å². The van der Waals surface area contributed by atoms with E-state index in [9.17, 15) is 9.59 Å². The van der Waals surface area contributed by atoms with Gasteiger partial charge in [-0.05, 0) is 40.2 Å². The Labute approximate surface area is 155 Å². The van der Waals surface area contributed by atoms with E-state index in [1.165, 1.54) is 13.2 Å². The molecule has 0 aliphatic carbocycles. The van der Waals surface area contributed by atoms with E-state index in [2.05, 4.69) is 20.9 Å². The third-order valence-corrected chi connectivity index (χ3v) is 5.04. The topological polar surface area (TPSA) is 59.2 Å². The number of H-pyrrole nitrogens is 1. The van der Waals surface area contributed by atoms with Crippen LogP contribution in [0.25, 0.3) is 22.0 Å². The minimum atomic E-state index is -0.562. The van der Waals surface area contributed by atoms with Crippen LogP contribution in [0.1, 0.15) is 10.4 Å². The zero-order valence-electron chi connectivity index (χ0n) is 12.3. The lowest BCUT2D eigenvalue weighted by Crippen LogP contribution is -2.08. The number of rotatable bonds is 2. The van der Waals surface area contributed by atoms with Crippen LogP contribution in [0.15, 0.2) is 45.7 Å². The second kappa shape index (κ2) is 6.59. The molecular weight excluding hydrogens is 417 g/mol. The summed E-state index contributed by atoms with van der Waals surface area (Å²) in [6, 6.07) is 9.72. The molecule has 2 aromatic carbocycles. The van der Waals surface area contributed by atoms with Crippen molar-refractivity contribution in [1.82, 2.24) is 4.98 Å². The molecule has 0 amide bonds. The van der Waals surface area contributed by atoms with Crippen LogP contribution >= 0.6 is 39.1 Å². The van der Waals surface area contributed by atoms with Crippen LogP contribution in [0, 0.1) is 0 Å². The third-order valence-electron chi connectivity index (χ3n) is 3.58. The Bertz CT molecular complexity index is 1010. The minimum absolute atomic E-state index is 0.244. The first-order valence-corrected chi connectivity index (χ1v) is 8.37. The average Bonchev–Trinajstić information content (AvgIpc) is 2.55. The average molecular weight is 427 g/mol. The Morgan fingerprint density at radius 3 is 2.42 bits per heavy atom. The summed E-state index contributed by atoms with van der Waals surface area (Å²) in [6.45, 7) is 0. The highest BCUT2D eigenvalue weighted by molar-refractivity contribution is 9.10. The number of fused-ring (bicyclic) bond motifs is 1. The number of ether oxygens (including phenoxy) is 1. The van der Waals surface area contributed by atoms with Crippen molar-refractivity contribution in [1.29, 1.82) is 0 Å². The number of pyridine rings is 1. The predicted molar refractivity (Wildman–Crippen MR) is 99.1 cm³/mol. The highest BCUT2D eigenvalue weighted by Gasteiger charge is 2.23. The molecule has 122 valence electrons. The van der Waals surface area contributed by atoms with Crippen molar-refractivity contribution in [3.8, 4) is 11.1 Å². The first kappa shape index (κ1) is 17.0. The lowest BCUT2D eigenvalue weighted by molar-refractivity contribution is 0.0601. The van der Waals surface area contributed by atoms with Crippen molar-refractivity contribution in [2.24, 2.45) is 0 Å². The number of hydrogen-bond donors (Lipinski definition) is 1. The molecule has 1 N–H and O–H groups in total. The minimum Gasteiger partial charge on any atom is -0.465 e. The molecule has 0 aliphatic heterocycles. The number of methoxy groups -OCH3 is 1. The van der Waals surface area contributed by atoms with Gasteiger partial charge >= 0.3 is 5.97 Å². The number of hydrogen-bond acceptors (Lipinski definition) is 3. The highest BCUT2D eigenvalue weighted by atomic mass is 79.9. The molecular formula is C17H10BrCl2NO3. The molecule has 0 saturated heterocycles. The van der Waals surface area contributed by atoms with Crippen molar-refractivity contribution in [3.05, 3.63) is 66.8 Å². The van der Waals surface area contributed by atoms with Crippen LogP contribution in [0.3, 0.4) is 0 Å². The number of nitrogens with one attached hydrogen (secondary N) is 1. The number of benzene rings is 2. The van der Waals surface area contributed by atoms with Gasteiger partial charge in [-0.25, -0.2) is 4.79 Å². The quantitative estimate of drug-likeness (QED) is 0.583. The highest BCUT2D eigenvalue weighted by Crippen LogP contribution is 2.43. The molecule has 0 unspecified atom stereocenters. The predicted octanol–water partition coefficient (Wildman–Crippen LogP) is 5.05. The summed E-state index contributed by atoms with van der Waals surface area (Å²) in [5.41, 5.74) is 1.50. The summed E-state index contributed by atoms with van der Waals surface area (Å²) in [5, 5.41) is 1.52. The van der Waals surface area contributed by atoms with Crippen molar-refractivity contribution in [3.63, 3.8) is 0 Å². The Balaban J connectivity index is 2.50. The van der Waals surface area contributed by atoms with Gasteiger partial charge in [0.15, 0.2) is 0 Å². The number of carbonyl (C=O) groups excluding carboxylic acids is 1. The molecule has 7 heteroatoms. The normalized spacial score (nSPS) is 10.8. The SMILES string of the molecule is COC(=O)c1cc2[nH]c(=O)ccc2c(Br)c1-c1c(Cl)cccc1Cl. The maximum Gasteiger partial charge on any atom is 0.338 e. The van der Waals surface area contributed by atoms with Gasteiger partial charge in [0.1, 0.15) is 0 Å². The second-order valence-corrected chi connectivity index (χ2v) is 6.59. The maximum atomic E-state index is 12.3. The summed E-state index contributed by atoms with van der Waals surface area (Å²) >= 11 is 16.1. The van der Waals surface area contributed by atoms with Crippen molar-refractivity contribution in [2.45, 2.75) is 0 Å². The maximum absolute atomic E-state index is 12.3. The lowest BCUT2D eigenvalue weighted by Gasteiger charge is -2.15. The van der Waals surface area contributed by atoms with Gasteiger partial charge in [-0.15, -0.1) is 0 Å². The number of aromatic amines is 1. The van der Waals surface area contributed by atoms with Crippen molar-refractivity contribution < 1.29 is 9.53 Å². The molecule has 3 aromatic rings. The summed E-state index contributed by atoms with van der Waals surface area (Å²) in [6.07, 6.45) is 0. The van der Waals surface area contributed by atoms with Crippen LogP contribution in [0.4, 0.5) is 0 Å². The molecule has 0 spiro atoms. The molecule has 0 aliphatic rings. The van der Waals surface area contributed by atoms with E-state index in [0.29, 0.717) is 36.5 Å². The smallest absolute Gasteiger partial charge is 0.338 e. The molecule has 0 fully saturated rings. The summed E-state index contributed by atoms with van der Waals surface area (Å²) in [7, 11) is 1.28. The van der Waals surface area contributed by atoms with Crippen molar-refractivity contribution in [2.75, 3.05) is 7.11 Å². The number of halogens is 3. The fourth-order valence-corrected chi connectivity index (χ4v) is 3.86. The van der Waals surface area contributed by atoms with E-state index in [0.717, 1.165) is 0 Å². The fourth-order valence-electron chi connectivity index (χ4n) is 2.52. The van der Waals surface area contributed by atoms with E-state index >= 15 is 0 Å². The van der Waals surface area contributed by atoms with Crippen LogP contribution in [0.5, 0.6) is 0 Å². The van der Waals surface area contributed by atoms with Gasteiger partial charge < -0.3 is 9.72 Å². The lowest BCUT2D eigenvalue weighted by atomic mass is 9.97. The van der Waals surface area contributed by atoms with Gasteiger partial charge in [-0.2, -0.15) is 0 Å². The van der Waals surface area contributed by atoms with Crippen molar-refractivity contribution >= 4 is 56.0 Å². The Morgan fingerprint density at radius 1 is 1.12 bits per heavy atom. The summed E-state index contributed by atoms with van der Waals surface area (Å²) in [5.74, 6) is -0.562. The molecule has 0 bridgehead atoms. The van der Waals surface area contributed by atoms with E-state index in [-0.39, 0.29) is 11.1 Å². The standard InChI is InChI=1S/C17H10BrCl2NO3/c1-24-17(23)9-7-12-8(5-6-13(22)21-12)16(18)14(9)15-10(19)3-2-4-11(15)20/h2-7H,1H3,(H,21,22). The van der Waals surface area contributed by atoms with E-state index in [1.807, 2.05) is 0 Å². The molecule has 4 nitrogen and oxygen atoms in total. The second-order valence-electron chi connectivity index (χ2n) is 4.99. The molecule has 0 radical (unpaired) electrons. The first-order valence-electron chi connectivity index (χ1n) is 6.82. The first-order chi connectivity index (χ1) is 11.4. The number of carbonyl (C=O) groups is 1. The van der Waals surface area contributed by atoms with Crippen LogP contribution in [-0.2, 0) is 4.74 Å². The van der Waals surface area contributed by atoms with Crippen LogP contribution in [-0.4, -0.2) is 18.1 Å². The fraction of sp³-hybridized carbons (Fsp3) is 0.0588. The summed E-state index contributed by atoms with van der Waals surface area (Å²) < 4.78 is 5.46. The molecule has 1 aromatic heterocycles. The molecule has 0 atom stereocenters. The molecule has 24 heavy (non-hydrogen) atoms. The zero-order chi connectivity index (χ0) is 17.4. The Kier molecular flexibility index (Phi) is 4.67. The van der Waals surface area contributed by atoms with Crippen LogP contribution < -0.4 is 5.56 Å². The molecule has 3 rings (SSSR count). The van der Waals surface area contributed by atoms with Gasteiger partial charge in [0.05, 0.1) is 18.2 Å². The van der Waals surface area contributed by atoms with Gasteiger partial charge in [0, 0.05) is 37.1 Å². The Hall–Kier alpha value is -1.82. The number of esters is 1. The van der Waals surface area contributed by atoms with E-state index in [1.54, 1.807) is 30.3 Å². The molecule has 0 saturated carbocycles. The molecule has 1 heterocycles. The summed E-state index contributed by atoms with van der Waals surface area (Å²) in [4.78, 5) is 26.6. The van der Waals surface area contributed by atoms with Gasteiger partial charge in [0.2, 0.25) is 5.56 Å². The Morgan fingerprint density at radius 2 is 1.79 bits per heavy atom. The van der Waals surface area contributed by atoms with Gasteiger partial charge in [0.25, 0.3) is 0 Å². The number of aromatic nitrogens is 1. The van der Waals surface area contributed by atoms with E-state index in [4.69, 9.17) is 27.9 Å². The third kappa shape index (κ3) is 2.83. The van der Waals surface area contributed by atoms with Gasteiger partial charge in [-0.1, -0.05) is 29.3 Å². The van der Waals surface area contributed by atoms with Crippen LogP contribution in [0.2, 0.25) is 10.0 Å². The monoisotopic (exact) mass is 425 g/mol.